The molecule has 0 unspecified atom stereocenters. The van der Waals surface area contributed by atoms with E-state index in [1.807, 2.05) is 0 Å². The smallest absolute Gasteiger partial charge is 0.0346 e. The molecule has 0 heterocycles. The molecular weight excluding hydrogens is 278 g/mol. The van der Waals surface area contributed by atoms with Crippen molar-refractivity contribution in [3.05, 3.63) is 29.3 Å². The maximum Gasteiger partial charge on any atom is 0.0346 e. The van der Waals surface area contributed by atoms with Gasteiger partial charge in [0.2, 0.25) is 0 Å². The van der Waals surface area contributed by atoms with Crippen LogP contribution in [0.15, 0.2) is 18.2 Å². The summed E-state index contributed by atoms with van der Waals surface area (Å²) < 4.78 is 0. The highest BCUT2D eigenvalue weighted by Gasteiger charge is 2.02. The van der Waals surface area contributed by atoms with E-state index in [0.29, 0.717) is 0 Å². The first-order valence-corrected chi connectivity index (χ1v) is 10.1. The summed E-state index contributed by atoms with van der Waals surface area (Å²) in [6, 6.07) is 6.72. The molecule has 0 aromatic heterocycles. The minimum Gasteiger partial charge on any atom is -0.399 e. The predicted octanol–water partition coefficient (Wildman–Crippen LogP) is 7.07. The van der Waals surface area contributed by atoms with Crippen LogP contribution in [0.1, 0.15) is 102 Å². The molecule has 0 saturated carbocycles. The maximum absolute atomic E-state index is 6.16. The monoisotopic (exact) mass is 317 g/mol. The zero-order valence-electron chi connectivity index (χ0n) is 15.7. The van der Waals surface area contributed by atoms with Crippen LogP contribution in [0.2, 0.25) is 0 Å². The van der Waals surface area contributed by atoms with Crippen molar-refractivity contribution in [2.75, 3.05) is 5.73 Å². The topological polar surface area (TPSA) is 26.0 Å². The molecule has 0 fully saturated rings. The molecular formula is C22H39N. The number of hydrogen-bond acceptors (Lipinski definition) is 1. The summed E-state index contributed by atoms with van der Waals surface area (Å²) in [6.45, 7) is 4.55. The van der Waals surface area contributed by atoms with E-state index in [2.05, 4.69) is 32.0 Å². The first kappa shape index (κ1) is 20.1. The molecule has 0 saturated heterocycles. The number of nitrogens with two attached hydrogens (primary N) is 1. The second-order valence-corrected chi connectivity index (χ2v) is 7.07. The molecule has 0 atom stereocenters. The Morgan fingerprint density at radius 3 is 1.78 bits per heavy atom. The van der Waals surface area contributed by atoms with Gasteiger partial charge in [0, 0.05) is 5.69 Å². The van der Waals surface area contributed by atoms with Crippen LogP contribution in [0.5, 0.6) is 0 Å². The van der Waals surface area contributed by atoms with Crippen LogP contribution < -0.4 is 5.73 Å². The maximum atomic E-state index is 6.16. The van der Waals surface area contributed by atoms with Gasteiger partial charge < -0.3 is 5.73 Å². The van der Waals surface area contributed by atoms with Crippen molar-refractivity contribution < 1.29 is 0 Å². The Kier molecular flexibility index (Phi) is 11.7. The van der Waals surface area contributed by atoms with Crippen molar-refractivity contribution >= 4 is 5.69 Å². The minimum absolute atomic E-state index is 0.991. The van der Waals surface area contributed by atoms with Crippen LogP contribution in [0.25, 0.3) is 0 Å². The molecule has 2 N–H and O–H groups in total. The van der Waals surface area contributed by atoms with Crippen molar-refractivity contribution in [1.29, 1.82) is 0 Å². The average molecular weight is 318 g/mol. The van der Waals surface area contributed by atoms with Crippen LogP contribution in [-0.2, 0) is 12.8 Å². The normalized spacial score (nSPS) is 11.0. The highest BCUT2D eigenvalue weighted by atomic mass is 14.6. The third kappa shape index (κ3) is 9.69. The predicted molar refractivity (Wildman–Crippen MR) is 105 cm³/mol. The van der Waals surface area contributed by atoms with Gasteiger partial charge in [0.1, 0.15) is 0 Å². The lowest BCUT2D eigenvalue weighted by molar-refractivity contribution is 0.605. The molecule has 0 spiro atoms. The highest BCUT2D eigenvalue weighted by Crippen LogP contribution is 2.19. The Morgan fingerprint density at radius 1 is 0.652 bits per heavy atom. The van der Waals surface area contributed by atoms with Crippen LogP contribution in [0.4, 0.5) is 5.69 Å². The van der Waals surface area contributed by atoms with Gasteiger partial charge in [-0.25, -0.2) is 0 Å². The fourth-order valence-corrected chi connectivity index (χ4v) is 3.24. The Labute approximate surface area is 145 Å². The summed E-state index contributed by atoms with van der Waals surface area (Å²) in [5, 5.41) is 0. The average Bonchev–Trinajstić information content (AvgIpc) is 2.56. The number of hydrogen-bond donors (Lipinski definition) is 1. The Balaban J connectivity index is 2.25. The van der Waals surface area contributed by atoms with Crippen molar-refractivity contribution in [3.63, 3.8) is 0 Å². The van der Waals surface area contributed by atoms with Crippen molar-refractivity contribution in [2.45, 2.75) is 104 Å². The van der Waals surface area contributed by atoms with Gasteiger partial charge in [0.05, 0.1) is 0 Å². The van der Waals surface area contributed by atoms with Crippen molar-refractivity contribution in [3.8, 4) is 0 Å². The van der Waals surface area contributed by atoms with Crippen LogP contribution in [0.3, 0.4) is 0 Å². The van der Waals surface area contributed by atoms with E-state index in [0.717, 1.165) is 12.1 Å². The first-order valence-electron chi connectivity index (χ1n) is 10.1. The van der Waals surface area contributed by atoms with Crippen LogP contribution in [0, 0.1) is 0 Å². The summed E-state index contributed by atoms with van der Waals surface area (Å²) in [5.74, 6) is 0. The zero-order chi connectivity index (χ0) is 16.8. The molecule has 1 aromatic carbocycles. The van der Waals surface area contributed by atoms with E-state index in [-0.39, 0.29) is 0 Å². The van der Waals surface area contributed by atoms with E-state index in [1.165, 1.54) is 94.6 Å². The Hall–Kier alpha value is -0.980. The molecule has 1 rings (SSSR count). The number of rotatable bonds is 14. The number of benzene rings is 1. The molecule has 132 valence electrons. The molecule has 0 amide bonds. The van der Waals surface area contributed by atoms with E-state index < -0.39 is 0 Å². The first-order chi connectivity index (χ1) is 11.3. The fourth-order valence-electron chi connectivity index (χ4n) is 3.24. The molecule has 23 heavy (non-hydrogen) atoms. The molecule has 1 nitrogen and oxygen atoms in total. The largest absolute Gasteiger partial charge is 0.399 e. The molecule has 0 aliphatic rings. The third-order valence-electron chi connectivity index (χ3n) is 4.83. The van der Waals surface area contributed by atoms with Gasteiger partial charge in [-0.3, -0.25) is 0 Å². The second-order valence-electron chi connectivity index (χ2n) is 7.07. The number of unbranched alkanes of at least 4 members (excludes halogenated alkanes) is 10. The van der Waals surface area contributed by atoms with Crippen molar-refractivity contribution in [2.24, 2.45) is 0 Å². The molecule has 1 heteroatoms. The summed E-state index contributed by atoms with van der Waals surface area (Å²) in [7, 11) is 0. The summed E-state index contributed by atoms with van der Waals surface area (Å²) in [6.07, 6.45) is 18.7. The van der Waals surface area contributed by atoms with E-state index in [4.69, 9.17) is 5.73 Å². The van der Waals surface area contributed by atoms with Gasteiger partial charge in [-0.05, 0) is 42.9 Å². The quantitative estimate of drug-likeness (QED) is 0.288. The lowest BCUT2D eigenvalue weighted by Gasteiger charge is -2.09. The lowest BCUT2D eigenvalue weighted by Crippen LogP contribution is -1.97. The SMILES string of the molecule is CCCCCCCCc1ccc(N)c(CCCCCCCC)c1. The van der Waals surface area contributed by atoms with E-state index >= 15 is 0 Å². The van der Waals surface area contributed by atoms with Gasteiger partial charge in [-0.1, -0.05) is 90.2 Å². The van der Waals surface area contributed by atoms with E-state index in [9.17, 15) is 0 Å². The zero-order valence-corrected chi connectivity index (χ0v) is 15.7. The van der Waals surface area contributed by atoms with Gasteiger partial charge in [0.25, 0.3) is 0 Å². The van der Waals surface area contributed by atoms with Crippen LogP contribution >= 0.6 is 0 Å². The van der Waals surface area contributed by atoms with Crippen molar-refractivity contribution in [1.82, 2.24) is 0 Å². The van der Waals surface area contributed by atoms with Gasteiger partial charge in [-0.2, -0.15) is 0 Å². The number of aryl methyl sites for hydroxylation is 2. The summed E-state index contributed by atoms with van der Waals surface area (Å²) >= 11 is 0. The lowest BCUT2D eigenvalue weighted by atomic mass is 9.98. The van der Waals surface area contributed by atoms with Gasteiger partial charge >= 0.3 is 0 Å². The summed E-state index contributed by atoms with van der Waals surface area (Å²) in [4.78, 5) is 0. The standard InChI is InChI=1S/C22H39N/c1-3-5-7-9-11-13-15-20-17-18-22(23)21(19-20)16-14-12-10-8-6-4-2/h17-19H,3-16,23H2,1-2H3. The summed E-state index contributed by atoms with van der Waals surface area (Å²) in [5.41, 5.74) is 10.0. The molecule has 0 aliphatic heterocycles. The Bertz CT molecular complexity index is 397. The number of anilines is 1. The second kappa shape index (κ2) is 13.5. The molecule has 0 radical (unpaired) electrons. The molecule has 0 aliphatic carbocycles. The number of nitrogen functional groups attached to an aromatic ring is 1. The third-order valence-corrected chi connectivity index (χ3v) is 4.83. The van der Waals surface area contributed by atoms with Gasteiger partial charge in [0.15, 0.2) is 0 Å². The van der Waals surface area contributed by atoms with Crippen LogP contribution in [-0.4, -0.2) is 0 Å². The molecule has 0 bridgehead atoms. The minimum atomic E-state index is 0.991. The van der Waals surface area contributed by atoms with E-state index in [1.54, 1.807) is 0 Å². The molecule has 1 aromatic rings. The fraction of sp³-hybridized carbons (Fsp3) is 0.727. The van der Waals surface area contributed by atoms with Gasteiger partial charge in [-0.15, -0.1) is 0 Å². The Morgan fingerprint density at radius 2 is 1.17 bits per heavy atom. The highest BCUT2D eigenvalue weighted by molar-refractivity contribution is 5.48.